The molecular formula is C24H24N4O10. The van der Waals surface area contributed by atoms with Gasteiger partial charge in [0.05, 0.1) is 45.3 Å². The quantitative estimate of drug-likeness (QED) is 0.146. The number of aromatic nitrogens is 3. The Hall–Kier alpha value is -5.01. The molecule has 0 saturated heterocycles. The number of carbonyl (C=O) groups is 3. The van der Waals surface area contributed by atoms with E-state index in [0.29, 0.717) is 11.3 Å². The zero-order chi connectivity index (χ0) is 27.8. The molecule has 0 aliphatic carbocycles. The van der Waals surface area contributed by atoms with Crippen molar-refractivity contribution in [2.24, 2.45) is 0 Å². The molecule has 2 aromatic carbocycles. The minimum Gasteiger partial charge on any atom is -0.497 e. The second-order valence-electron chi connectivity index (χ2n) is 7.47. The van der Waals surface area contributed by atoms with Crippen molar-refractivity contribution >= 4 is 23.4 Å². The SMILES string of the molecule is CCOC(=O)c1nn(COC(=O)Cc2ccc(OC)cc2)nc1C(=O)c1cc(OC)c(OC)cc1[N+](=O)[O-]. The van der Waals surface area contributed by atoms with E-state index in [2.05, 4.69) is 10.2 Å². The number of benzene rings is 2. The second-order valence-corrected chi connectivity index (χ2v) is 7.47. The van der Waals surface area contributed by atoms with Crippen molar-refractivity contribution in [1.82, 2.24) is 15.0 Å². The Balaban J connectivity index is 1.90. The zero-order valence-corrected chi connectivity index (χ0v) is 21.0. The van der Waals surface area contributed by atoms with E-state index in [9.17, 15) is 24.5 Å². The molecule has 0 saturated carbocycles. The van der Waals surface area contributed by atoms with Crippen LogP contribution in [0.2, 0.25) is 0 Å². The summed E-state index contributed by atoms with van der Waals surface area (Å²) in [5.41, 5.74) is -1.42. The molecule has 200 valence electrons. The molecular weight excluding hydrogens is 504 g/mol. The molecule has 38 heavy (non-hydrogen) atoms. The summed E-state index contributed by atoms with van der Waals surface area (Å²) in [5.74, 6) is -1.94. The number of nitrogens with zero attached hydrogens (tertiary/aromatic N) is 4. The minimum atomic E-state index is -1.00. The third-order valence-corrected chi connectivity index (χ3v) is 5.13. The van der Waals surface area contributed by atoms with E-state index in [1.54, 1.807) is 31.2 Å². The second kappa shape index (κ2) is 12.3. The van der Waals surface area contributed by atoms with Gasteiger partial charge in [-0.05, 0) is 24.6 Å². The van der Waals surface area contributed by atoms with Crippen molar-refractivity contribution in [3.05, 3.63) is 69.0 Å². The topological polar surface area (TPSA) is 171 Å². The van der Waals surface area contributed by atoms with Gasteiger partial charge in [0, 0.05) is 6.07 Å². The summed E-state index contributed by atoms with van der Waals surface area (Å²) < 4.78 is 25.4. The fourth-order valence-corrected chi connectivity index (χ4v) is 3.32. The molecule has 0 atom stereocenters. The van der Waals surface area contributed by atoms with Crippen LogP contribution in [0.3, 0.4) is 0 Å². The van der Waals surface area contributed by atoms with Gasteiger partial charge in [0.2, 0.25) is 18.2 Å². The number of rotatable bonds is 12. The van der Waals surface area contributed by atoms with Crippen LogP contribution in [0.4, 0.5) is 5.69 Å². The van der Waals surface area contributed by atoms with Crippen LogP contribution in [-0.4, -0.2) is 65.6 Å². The van der Waals surface area contributed by atoms with Crippen LogP contribution >= 0.6 is 0 Å². The maximum atomic E-state index is 13.4. The number of methoxy groups -OCH3 is 3. The molecule has 3 rings (SSSR count). The molecule has 0 aliphatic rings. The number of hydrogen-bond donors (Lipinski definition) is 0. The van der Waals surface area contributed by atoms with Crippen LogP contribution in [0.25, 0.3) is 0 Å². The molecule has 0 aliphatic heterocycles. The third-order valence-electron chi connectivity index (χ3n) is 5.13. The highest BCUT2D eigenvalue weighted by atomic mass is 16.6. The highest BCUT2D eigenvalue weighted by Gasteiger charge is 2.32. The van der Waals surface area contributed by atoms with Crippen molar-refractivity contribution in [2.75, 3.05) is 27.9 Å². The number of ether oxygens (including phenoxy) is 5. The monoisotopic (exact) mass is 528 g/mol. The lowest BCUT2D eigenvalue weighted by molar-refractivity contribution is -0.385. The lowest BCUT2D eigenvalue weighted by atomic mass is 10.0. The summed E-state index contributed by atoms with van der Waals surface area (Å²) in [4.78, 5) is 49.9. The average molecular weight is 528 g/mol. The van der Waals surface area contributed by atoms with E-state index in [1.807, 2.05) is 0 Å². The van der Waals surface area contributed by atoms with Crippen molar-refractivity contribution < 1.29 is 43.0 Å². The fraction of sp³-hybridized carbons (Fsp3) is 0.292. The lowest BCUT2D eigenvalue weighted by Gasteiger charge is -2.09. The average Bonchev–Trinajstić information content (AvgIpc) is 3.35. The first-order valence-electron chi connectivity index (χ1n) is 11.1. The highest BCUT2D eigenvalue weighted by molar-refractivity contribution is 6.14. The third kappa shape index (κ3) is 6.21. The summed E-state index contributed by atoms with van der Waals surface area (Å²) >= 11 is 0. The van der Waals surface area contributed by atoms with Gasteiger partial charge in [-0.1, -0.05) is 12.1 Å². The maximum Gasteiger partial charge on any atom is 0.361 e. The van der Waals surface area contributed by atoms with Crippen LogP contribution < -0.4 is 14.2 Å². The fourth-order valence-electron chi connectivity index (χ4n) is 3.32. The van der Waals surface area contributed by atoms with E-state index < -0.39 is 52.0 Å². The van der Waals surface area contributed by atoms with Crippen molar-refractivity contribution in [3.8, 4) is 17.2 Å². The van der Waals surface area contributed by atoms with Gasteiger partial charge < -0.3 is 23.7 Å². The molecule has 14 nitrogen and oxygen atoms in total. The van der Waals surface area contributed by atoms with Crippen LogP contribution in [0, 0.1) is 10.1 Å². The summed E-state index contributed by atoms with van der Waals surface area (Å²) in [6, 6.07) is 8.88. The lowest BCUT2D eigenvalue weighted by Crippen LogP contribution is -2.14. The number of hydrogen-bond acceptors (Lipinski definition) is 12. The van der Waals surface area contributed by atoms with Crippen LogP contribution in [0.5, 0.6) is 17.2 Å². The van der Waals surface area contributed by atoms with Crippen molar-refractivity contribution in [1.29, 1.82) is 0 Å². The first-order valence-corrected chi connectivity index (χ1v) is 11.1. The van der Waals surface area contributed by atoms with Gasteiger partial charge in [0.1, 0.15) is 11.3 Å². The first-order chi connectivity index (χ1) is 18.2. The summed E-state index contributed by atoms with van der Waals surface area (Å²) in [7, 11) is 4.09. The first kappa shape index (κ1) is 27.6. The maximum absolute atomic E-state index is 13.4. The Bertz CT molecular complexity index is 1350. The van der Waals surface area contributed by atoms with E-state index >= 15 is 0 Å². The van der Waals surface area contributed by atoms with E-state index in [0.717, 1.165) is 16.9 Å². The summed E-state index contributed by atoms with van der Waals surface area (Å²) in [5, 5.41) is 19.6. The van der Waals surface area contributed by atoms with Gasteiger partial charge in [-0.3, -0.25) is 19.7 Å². The standard InChI is InChI=1S/C24H24N4O10/c1-5-37-24(31)22-21(23(30)16-11-18(35-3)19(36-4)12-17(16)28(32)33)25-27(26-22)13-38-20(29)10-14-6-8-15(34-2)9-7-14/h6-9,11-12H,5,10,13H2,1-4H3. The predicted octanol–water partition coefficient (Wildman–Crippen LogP) is 2.36. The number of nitro benzene ring substituents is 1. The Kier molecular flexibility index (Phi) is 8.92. The Morgan fingerprint density at radius 2 is 1.55 bits per heavy atom. The summed E-state index contributed by atoms with van der Waals surface area (Å²) in [6.45, 7) is 0.972. The number of carbonyl (C=O) groups excluding carboxylic acids is 3. The number of ketones is 1. The van der Waals surface area contributed by atoms with Crippen molar-refractivity contribution in [3.63, 3.8) is 0 Å². The normalized spacial score (nSPS) is 10.4. The Morgan fingerprint density at radius 1 is 0.921 bits per heavy atom. The Morgan fingerprint density at radius 3 is 2.13 bits per heavy atom. The predicted molar refractivity (Wildman–Crippen MR) is 128 cm³/mol. The molecule has 14 heteroatoms. The molecule has 1 aromatic heterocycles. The number of esters is 2. The van der Waals surface area contributed by atoms with E-state index in [-0.39, 0.29) is 24.5 Å². The van der Waals surface area contributed by atoms with E-state index in [4.69, 9.17) is 23.7 Å². The molecule has 0 bridgehead atoms. The van der Waals surface area contributed by atoms with Gasteiger partial charge in [0.15, 0.2) is 17.2 Å². The van der Waals surface area contributed by atoms with Crippen LogP contribution in [-0.2, 0) is 27.4 Å². The van der Waals surface area contributed by atoms with Gasteiger partial charge in [-0.15, -0.1) is 15.0 Å². The van der Waals surface area contributed by atoms with Crippen LogP contribution in [0.15, 0.2) is 36.4 Å². The molecule has 1 heterocycles. The van der Waals surface area contributed by atoms with Gasteiger partial charge in [-0.25, -0.2) is 4.79 Å². The largest absolute Gasteiger partial charge is 0.497 e. The number of nitro groups is 1. The van der Waals surface area contributed by atoms with Gasteiger partial charge in [-0.2, -0.15) is 0 Å². The summed E-state index contributed by atoms with van der Waals surface area (Å²) in [6.07, 6.45) is -0.0698. The Labute approximate surface area is 216 Å². The molecule has 3 aromatic rings. The molecule has 0 N–H and O–H groups in total. The highest BCUT2D eigenvalue weighted by Crippen LogP contribution is 2.35. The zero-order valence-electron chi connectivity index (χ0n) is 21.0. The van der Waals surface area contributed by atoms with Gasteiger partial charge in [0.25, 0.3) is 5.69 Å². The van der Waals surface area contributed by atoms with Gasteiger partial charge >= 0.3 is 11.9 Å². The van der Waals surface area contributed by atoms with E-state index in [1.165, 1.54) is 21.3 Å². The molecule has 0 radical (unpaired) electrons. The molecule has 0 fully saturated rings. The minimum absolute atomic E-state index is 0.0220. The molecule has 0 unspecified atom stereocenters. The molecule has 0 amide bonds. The smallest absolute Gasteiger partial charge is 0.361 e. The van der Waals surface area contributed by atoms with Crippen molar-refractivity contribution in [2.45, 2.75) is 20.1 Å². The van der Waals surface area contributed by atoms with Crippen LogP contribution in [0.1, 0.15) is 39.0 Å². The molecule has 0 spiro atoms.